The lowest BCUT2D eigenvalue weighted by molar-refractivity contribution is 0.358. The highest BCUT2D eigenvalue weighted by Gasteiger charge is 2.27. The minimum Gasteiger partial charge on any atom is -0.370 e. The first-order valence-electron chi connectivity index (χ1n) is 11.4. The largest absolute Gasteiger partial charge is 0.370 e. The molecule has 0 N–H and O–H groups in total. The Hall–Kier alpha value is -3.44. The van der Waals surface area contributed by atoms with Crippen molar-refractivity contribution in [1.82, 2.24) is 29.5 Å². The number of anilines is 1. The Morgan fingerprint density at radius 2 is 1.91 bits per heavy atom. The van der Waals surface area contributed by atoms with Crippen LogP contribution in [0.2, 0.25) is 5.02 Å². The van der Waals surface area contributed by atoms with Crippen LogP contribution in [0.1, 0.15) is 50.9 Å². The average Bonchev–Trinajstić information content (AvgIpc) is 3.44. The second-order valence-corrected chi connectivity index (χ2v) is 10.3. The van der Waals surface area contributed by atoms with Crippen molar-refractivity contribution in [2.24, 2.45) is 7.05 Å². The first-order valence-corrected chi connectivity index (χ1v) is 11.8. The van der Waals surface area contributed by atoms with Gasteiger partial charge in [0.15, 0.2) is 5.65 Å². The molecule has 8 nitrogen and oxygen atoms in total. The molecule has 1 aliphatic heterocycles. The van der Waals surface area contributed by atoms with Gasteiger partial charge in [0.1, 0.15) is 18.2 Å². The molecular formula is C25H27ClN8. The van der Waals surface area contributed by atoms with Crippen molar-refractivity contribution in [1.29, 1.82) is 5.26 Å². The SMILES string of the molecule is Cn1cnnc1C1CCN(c2c(C#N)cc(Cl)cc2-c2cnc3nn(C(C)(C)C)cc3c2)CC1. The molecule has 3 aromatic heterocycles. The van der Waals surface area contributed by atoms with Crippen molar-refractivity contribution in [3.05, 3.63) is 53.3 Å². The quantitative estimate of drug-likeness (QED) is 0.420. The molecule has 4 aromatic rings. The fraction of sp³-hybridized carbons (Fsp3) is 0.400. The van der Waals surface area contributed by atoms with Gasteiger partial charge in [-0.2, -0.15) is 10.4 Å². The Morgan fingerprint density at radius 3 is 2.56 bits per heavy atom. The first kappa shape index (κ1) is 22.4. The van der Waals surface area contributed by atoms with E-state index < -0.39 is 0 Å². The molecular weight excluding hydrogens is 448 g/mol. The third-order valence-corrected chi connectivity index (χ3v) is 6.69. The summed E-state index contributed by atoms with van der Waals surface area (Å²) >= 11 is 6.46. The molecule has 0 bridgehead atoms. The highest BCUT2D eigenvalue weighted by atomic mass is 35.5. The van der Waals surface area contributed by atoms with E-state index in [0.29, 0.717) is 22.2 Å². The van der Waals surface area contributed by atoms with Crippen LogP contribution in [-0.2, 0) is 12.6 Å². The summed E-state index contributed by atoms with van der Waals surface area (Å²) in [5, 5.41) is 24.4. The molecule has 1 aliphatic rings. The normalized spacial score (nSPS) is 15.1. The van der Waals surface area contributed by atoms with Crippen LogP contribution < -0.4 is 4.90 Å². The number of benzene rings is 1. The van der Waals surface area contributed by atoms with E-state index in [1.54, 1.807) is 12.4 Å². The fourth-order valence-electron chi connectivity index (χ4n) is 4.67. The summed E-state index contributed by atoms with van der Waals surface area (Å²) < 4.78 is 3.93. The zero-order valence-corrected chi connectivity index (χ0v) is 20.6. The molecule has 4 heterocycles. The lowest BCUT2D eigenvalue weighted by atomic mass is 9.93. The van der Waals surface area contributed by atoms with Gasteiger partial charge in [0.2, 0.25) is 0 Å². The Labute approximate surface area is 203 Å². The van der Waals surface area contributed by atoms with Crippen molar-refractivity contribution in [2.45, 2.75) is 45.1 Å². The van der Waals surface area contributed by atoms with Crippen molar-refractivity contribution in [3.63, 3.8) is 0 Å². The van der Waals surface area contributed by atoms with Crippen LogP contribution >= 0.6 is 11.6 Å². The van der Waals surface area contributed by atoms with Crippen LogP contribution in [0.4, 0.5) is 5.69 Å². The van der Waals surface area contributed by atoms with Gasteiger partial charge < -0.3 is 9.47 Å². The van der Waals surface area contributed by atoms with Gasteiger partial charge in [0, 0.05) is 60.0 Å². The second-order valence-electron chi connectivity index (χ2n) is 9.90. The monoisotopic (exact) mass is 474 g/mol. The van der Waals surface area contributed by atoms with E-state index in [1.807, 2.05) is 34.8 Å². The maximum atomic E-state index is 9.96. The summed E-state index contributed by atoms with van der Waals surface area (Å²) in [7, 11) is 1.98. The van der Waals surface area contributed by atoms with Crippen LogP contribution in [0, 0.1) is 11.3 Å². The summed E-state index contributed by atoms with van der Waals surface area (Å²) in [6.45, 7) is 7.97. The van der Waals surface area contributed by atoms with E-state index in [9.17, 15) is 5.26 Å². The van der Waals surface area contributed by atoms with Crippen LogP contribution in [0.3, 0.4) is 0 Å². The van der Waals surface area contributed by atoms with E-state index in [1.165, 1.54) is 0 Å². The number of nitriles is 1. The number of pyridine rings is 1. The van der Waals surface area contributed by atoms with E-state index in [4.69, 9.17) is 11.6 Å². The summed E-state index contributed by atoms with van der Waals surface area (Å²) in [5.41, 5.74) is 3.89. The molecule has 1 fully saturated rings. The molecule has 9 heteroatoms. The summed E-state index contributed by atoms with van der Waals surface area (Å²) in [5.74, 6) is 1.37. The van der Waals surface area contributed by atoms with E-state index in [0.717, 1.165) is 54.0 Å². The van der Waals surface area contributed by atoms with Gasteiger partial charge in [0.05, 0.1) is 16.8 Å². The van der Waals surface area contributed by atoms with Crippen molar-refractivity contribution in [3.8, 4) is 17.2 Å². The van der Waals surface area contributed by atoms with Gasteiger partial charge in [-0.3, -0.25) is 4.68 Å². The number of rotatable bonds is 3. The molecule has 1 aromatic carbocycles. The minimum atomic E-state index is -0.136. The molecule has 174 valence electrons. The highest BCUT2D eigenvalue weighted by Crippen LogP contribution is 2.40. The van der Waals surface area contributed by atoms with Crippen LogP contribution in [0.25, 0.3) is 22.2 Å². The van der Waals surface area contributed by atoms with E-state index in [-0.39, 0.29) is 5.54 Å². The highest BCUT2D eigenvalue weighted by molar-refractivity contribution is 6.31. The standard InChI is InChI=1S/C25H27ClN8/c1-25(2,3)34-14-19-9-18(13-28-23(19)31-34)21-11-20(26)10-17(12-27)22(21)33-7-5-16(6-8-33)24-30-29-15-32(24)4/h9-11,13-16H,5-8H2,1-4H3. The number of hydrogen-bond donors (Lipinski definition) is 0. The number of aromatic nitrogens is 6. The predicted molar refractivity (Wildman–Crippen MR) is 133 cm³/mol. The molecule has 1 saturated heterocycles. The third kappa shape index (κ3) is 4.01. The zero-order valence-electron chi connectivity index (χ0n) is 19.8. The van der Waals surface area contributed by atoms with Crippen molar-refractivity contribution in [2.75, 3.05) is 18.0 Å². The van der Waals surface area contributed by atoms with Crippen molar-refractivity contribution >= 4 is 28.3 Å². The lowest BCUT2D eigenvalue weighted by Crippen LogP contribution is -2.34. The van der Waals surface area contributed by atoms with Gasteiger partial charge in [0.25, 0.3) is 0 Å². The Kier molecular flexibility index (Phi) is 5.53. The van der Waals surface area contributed by atoms with Gasteiger partial charge >= 0.3 is 0 Å². The molecule has 0 unspecified atom stereocenters. The lowest BCUT2D eigenvalue weighted by Gasteiger charge is -2.35. The zero-order chi connectivity index (χ0) is 24.0. The average molecular weight is 475 g/mol. The Balaban J connectivity index is 1.53. The molecule has 0 radical (unpaired) electrons. The number of nitrogens with zero attached hydrogens (tertiary/aromatic N) is 8. The van der Waals surface area contributed by atoms with E-state index >= 15 is 0 Å². The summed E-state index contributed by atoms with van der Waals surface area (Å²) in [6.07, 6.45) is 7.47. The number of aryl methyl sites for hydroxylation is 1. The molecule has 34 heavy (non-hydrogen) atoms. The smallest absolute Gasteiger partial charge is 0.181 e. The molecule has 5 rings (SSSR count). The predicted octanol–water partition coefficient (Wildman–Crippen LogP) is 4.89. The molecule has 0 saturated carbocycles. The van der Waals surface area contributed by atoms with Crippen LogP contribution in [0.5, 0.6) is 0 Å². The van der Waals surface area contributed by atoms with Crippen molar-refractivity contribution < 1.29 is 0 Å². The Morgan fingerprint density at radius 1 is 1.15 bits per heavy atom. The number of halogens is 1. The first-order chi connectivity index (χ1) is 16.2. The summed E-state index contributed by atoms with van der Waals surface area (Å²) in [6, 6.07) is 8.13. The molecule has 0 atom stereocenters. The topological polar surface area (TPSA) is 88.4 Å². The van der Waals surface area contributed by atoms with Gasteiger partial charge in [-0.05, 0) is 51.8 Å². The second kappa shape index (κ2) is 8.41. The molecule has 0 amide bonds. The summed E-state index contributed by atoms with van der Waals surface area (Å²) in [4.78, 5) is 6.92. The van der Waals surface area contributed by atoms with Crippen LogP contribution in [0.15, 0.2) is 36.9 Å². The number of fused-ring (bicyclic) bond motifs is 1. The van der Waals surface area contributed by atoms with Gasteiger partial charge in [-0.25, -0.2) is 4.98 Å². The third-order valence-electron chi connectivity index (χ3n) is 6.48. The minimum absolute atomic E-state index is 0.136. The maximum absolute atomic E-state index is 9.96. The molecule has 0 aliphatic carbocycles. The number of hydrogen-bond acceptors (Lipinski definition) is 6. The molecule has 0 spiro atoms. The van der Waals surface area contributed by atoms with E-state index in [2.05, 4.69) is 58.1 Å². The Bertz CT molecular complexity index is 1400. The van der Waals surface area contributed by atoms with Crippen LogP contribution in [-0.4, -0.2) is 42.6 Å². The number of piperidine rings is 1. The maximum Gasteiger partial charge on any atom is 0.181 e. The van der Waals surface area contributed by atoms with Gasteiger partial charge in [-0.15, -0.1) is 10.2 Å². The van der Waals surface area contributed by atoms with Gasteiger partial charge in [-0.1, -0.05) is 11.6 Å². The fourth-order valence-corrected chi connectivity index (χ4v) is 4.89.